The van der Waals surface area contributed by atoms with Gasteiger partial charge in [0.25, 0.3) is 5.91 Å². The van der Waals surface area contributed by atoms with E-state index in [1.807, 2.05) is 67.6 Å². The number of aromatic hydroxyl groups is 1. The Balaban J connectivity index is 0.000000156. The highest BCUT2D eigenvalue weighted by Gasteiger charge is 2.64. The number of hydrogen-bond acceptors (Lipinski definition) is 8. The first-order valence-corrected chi connectivity index (χ1v) is 19.5. The SMILES string of the molecule is CN1CC[C@]23c4c5ccc(O)c4O[C@H]2[C@@H](O)C=C[C@H]3[C@H]1C5.Cc1cccc(NC(=O)N[C@@H]2N=C(N3CC4CCC(CC4)C3)c3ccccc3N(C)C2=O)c1. The normalized spacial score (nSPS) is 31.5. The molecule has 3 saturated heterocycles. The summed E-state index contributed by atoms with van der Waals surface area (Å²) in [5.41, 5.74) is 5.78. The lowest BCUT2D eigenvalue weighted by atomic mass is 9.53. The summed E-state index contributed by atoms with van der Waals surface area (Å²) in [4.78, 5) is 37.4. The van der Waals surface area contributed by atoms with Gasteiger partial charge in [0.15, 0.2) is 11.5 Å². The van der Waals surface area contributed by atoms with E-state index in [9.17, 15) is 19.8 Å². The number of piperidine rings is 1. The van der Waals surface area contributed by atoms with E-state index in [1.54, 1.807) is 18.0 Å². The largest absolute Gasteiger partial charge is 0.504 e. The summed E-state index contributed by atoms with van der Waals surface area (Å²) in [5, 5.41) is 26.3. The number of phenolic OH excluding ortho intramolecular Hbond substituents is 1. The van der Waals surface area contributed by atoms with E-state index in [2.05, 4.69) is 33.6 Å². The summed E-state index contributed by atoms with van der Waals surface area (Å²) in [6.07, 6.45) is 9.22. The van der Waals surface area contributed by atoms with Gasteiger partial charge in [0.05, 0.1) is 5.69 Å². The van der Waals surface area contributed by atoms with Gasteiger partial charge in [-0.15, -0.1) is 0 Å². The highest BCUT2D eigenvalue weighted by atomic mass is 16.5. The zero-order chi connectivity index (χ0) is 37.3. The predicted molar refractivity (Wildman–Crippen MR) is 208 cm³/mol. The summed E-state index contributed by atoms with van der Waals surface area (Å²) in [5.74, 6) is 3.06. The highest BCUT2D eigenvalue weighted by Crippen LogP contribution is 2.62. The predicted octanol–water partition coefficient (Wildman–Crippen LogP) is 5.19. The number of rotatable bonds is 2. The average molecular weight is 731 g/mol. The number of ether oxygens (including phenoxy) is 1. The van der Waals surface area contributed by atoms with E-state index in [1.165, 1.54) is 36.8 Å². The molecule has 11 rings (SSSR count). The number of aliphatic imine (C=N–C) groups is 1. The number of amides is 3. The van der Waals surface area contributed by atoms with Crippen molar-refractivity contribution in [1.29, 1.82) is 0 Å². The number of aliphatic hydroxyl groups excluding tert-OH is 1. The monoisotopic (exact) mass is 730 g/mol. The number of fused-ring (bicyclic) bond motifs is 5. The Morgan fingerprint density at radius 1 is 0.981 bits per heavy atom. The number of hydrogen-bond donors (Lipinski definition) is 4. The van der Waals surface area contributed by atoms with Gasteiger partial charge in [0.2, 0.25) is 6.17 Å². The minimum Gasteiger partial charge on any atom is -0.504 e. The smallest absolute Gasteiger partial charge is 0.321 e. The van der Waals surface area contributed by atoms with Crippen LogP contribution in [0.1, 0.15) is 54.4 Å². The van der Waals surface area contributed by atoms with Gasteiger partial charge in [-0.1, -0.05) is 42.5 Å². The number of nitrogens with zero attached hydrogens (tertiary/aromatic N) is 4. The van der Waals surface area contributed by atoms with E-state index in [4.69, 9.17) is 9.73 Å². The number of para-hydroxylation sites is 1. The van der Waals surface area contributed by atoms with Gasteiger partial charge in [-0.2, -0.15) is 0 Å². The number of urea groups is 1. The Hall–Kier alpha value is -4.87. The van der Waals surface area contributed by atoms with Gasteiger partial charge in [0.1, 0.15) is 18.0 Å². The molecule has 5 aliphatic heterocycles. The Labute approximate surface area is 316 Å². The van der Waals surface area contributed by atoms with Crippen molar-refractivity contribution in [3.63, 3.8) is 0 Å². The van der Waals surface area contributed by atoms with Crippen molar-refractivity contribution in [2.45, 2.75) is 75.3 Å². The van der Waals surface area contributed by atoms with E-state index in [-0.39, 0.29) is 23.2 Å². The average Bonchev–Trinajstić information content (AvgIpc) is 3.25. The Bertz CT molecular complexity index is 2030. The van der Waals surface area contributed by atoms with Crippen molar-refractivity contribution in [3.05, 3.63) is 95.1 Å². The molecule has 3 aliphatic carbocycles. The molecule has 1 saturated carbocycles. The van der Waals surface area contributed by atoms with E-state index >= 15 is 0 Å². The van der Waals surface area contributed by atoms with Crippen LogP contribution in [0, 0.1) is 24.7 Å². The Kier molecular flexibility index (Phi) is 8.69. The van der Waals surface area contributed by atoms with E-state index in [0.29, 0.717) is 35.2 Å². The van der Waals surface area contributed by atoms with Crippen molar-refractivity contribution >= 4 is 29.1 Å². The molecule has 3 amide bonds. The molecule has 0 aromatic heterocycles. The van der Waals surface area contributed by atoms with Crippen LogP contribution in [0.3, 0.4) is 0 Å². The number of aryl methyl sites for hydroxylation is 1. The lowest BCUT2D eigenvalue weighted by Gasteiger charge is -2.56. The first-order valence-electron chi connectivity index (χ1n) is 19.5. The number of nitrogens with one attached hydrogen (secondary N) is 2. The molecule has 5 heterocycles. The van der Waals surface area contributed by atoms with Crippen molar-refractivity contribution in [3.8, 4) is 11.5 Å². The summed E-state index contributed by atoms with van der Waals surface area (Å²) >= 11 is 0. The van der Waals surface area contributed by atoms with E-state index < -0.39 is 18.3 Å². The number of phenols is 1. The molecule has 0 unspecified atom stereocenters. The fourth-order valence-corrected chi connectivity index (χ4v) is 10.6. The van der Waals surface area contributed by atoms with Crippen LogP contribution in [0.25, 0.3) is 0 Å². The topological polar surface area (TPSA) is 130 Å². The third-order valence-electron chi connectivity index (χ3n) is 13.2. The number of anilines is 2. The first-order chi connectivity index (χ1) is 26.1. The van der Waals surface area contributed by atoms with Crippen molar-refractivity contribution in [1.82, 2.24) is 15.1 Å². The van der Waals surface area contributed by atoms with Crippen LogP contribution < -0.4 is 20.3 Å². The lowest BCUT2D eigenvalue weighted by molar-refractivity contribution is -0.119. The van der Waals surface area contributed by atoms with Gasteiger partial charge in [0, 0.05) is 54.3 Å². The third-order valence-corrected chi connectivity index (χ3v) is 13.2. The number of carbonyl (C=O) groups excluding carboxylic acids is 2. The molecule has 0 radical (unpaired) electrons. The van der Waals surface area contributed by atoms with Crippen molar-refractivity contribution in [2.75, 3.05) is 43.9 Å². The van der Waals surface area contributed by atoms with E-state index in [0.717, 1.165) is 55.1 Å². The van der Waals surface area contributed by atoms with Crippen LogP contribution in [0.15, 0.2) is 77.8 Å². The second kappa shape index (κ2) is 13.5. The number of likely N-dealkylation sites (tertiary alicyclic amines) is 1. The fraction of sp³-hybridized carbons (Fsp3) is 0.465. The third kappa shape index (κ3) is 5.74. The van der Waals surface area contributed by atoms with Gasteiger partial charge in [-0.05, 0) is 112 Å². The van der Waals surface area contributed by atoms with Gasteiger partial charge in [-0.3, -0.25) is 4.79 Å². The second-order valence-corrected chi connectivity index (χ2v) is 16.5. The molecule has 8 aliphatic rings. The number of likely N-dealkylation sites (N-methyl/N-ethyl adjacent to an activating group) is 2. The van der Waals surface area contributed by atoms with Gasteiger partial charge in [-0.25, -0.2) is 9.79 Å². The minimum atomic E-state index is -0.997. The zero-order valence-electron chi connectivity index (χ0n) is 31.2. The van der Waals surface area contributed by atoms with Crippen LogP contribution in [0.5, 0.6) is 11.5 Å². The molecule has 54 heavy (non-hydrogen) atoms. The molecular weight excluding hydrogens is 681 g/mol. The molecule has 3 aromatic carbocycles. The molecule has 4 fully saturated rings. The van der Waals surface area contributed by atoms with Gasteiger partial charge >= 0.3 is 6.03 Å². The van der Waals surface area contributed by atoms with Crippen LogP contribution in [-0.2, 0) is 16.6 Å². The zero-order valence-corrected chi connectivity index (χ0v) is 31.2. The maximum Gasteiger partial charge on any atom is 0.321 e. The molecule has 4 N–H and O–H groups in total. The molecule has 11 nitrogen and oxygen atoms in total. The standard InChI is InChI=1S/C26H31N5O2.C17H19NO3/c1-17-6-5-7-20(14-17)27-26(33)29-23-25(32)30(2)22-9-4-3-8-21(22)24(28-23)31-15-18-10-11-19(16-31)13-12-18;1-18-7-6-17-10-3-5-13(20)16(17)21-15-12(19)4-2-9(14(15)17)8-11(10)18/h3-9,14,18-19,23H,10-13,15-16H2,1-2H3,(H2,27,29,33);2-5,10-11,13,16,19-20H,6-8H2,1H3/t18?,19?,23-;10-,11+,13-,16-,17-/m00/s1. The maximum atomic E-state index is 13.3. The summed E-state index contributed by atoms with van der Waals surface area (Å²) in [6.45, 7) is 4.87. The molecule has 282 valence electrons. The number of benzene rings is 3. The van der Waals surface area contributed by atoms with Gasteiger partial charge < -0.3 is 40.3 Å². The molecule has 11 heteroatoms. The Morgan fingerprint density at radius 2 is 1.74 bits per heavy atom. The molecule has 4 bridgehead atoms. The number of benzodiazepines with no additional fused rings is 1. The Morgan fingerprint density at radius 3 is 2.50 bits per heavy atom. The number of carbonyl (C=O) groups is 2. The van der Waals surface area contributed by atoms with Crippen LogP contribution in [0.2, 0.25) is 0 Å². The van der Waals surface area contributed by atoms with Crippen LogP contribution >= 0.6 is 0 Å². The van der Waals surface area contributed by atoms with Crippen LogP contribution in [-0.4, -0.2) is 95.9 Å². The summed E-state index contributed by atoms with van der Waals surface area (Å²) < 4.78 is 6.09. The second-order valence-electron chi connectivity index (χ2n) is 16.5. The summed E-state index contributed by atoms with van der Waals surface area (Å²) in [6, 6.07) is 19.2. The number of aliphatic hydroxyl groups is 1. The minimum absolute atomic E-state index is 0.160. The molecule has 3 aromatic rings. The first kappa shape index (κ1) is 34.9. The summed E-state index contributed by atoms with van der Waals surface area (Å²) in [7, 11) is 3.94. The van der Waals surface area contributed by atoms with Crippen molar-refractivity contribution in [2.24, 2.45) is 22.7 Å². The van der Waals surface area contributed by atoms with Crippen molar-refractivity contribution < 1.29 is 24.5 Å². The fourth-order valence-electron chi connectivity index (χ4n) is 10.6. The molecule has 6 atom stereocenters. The quantitative estimate of drug-likeness (QED) is 0.268. The highest BCUT2D eigenvalue weighted by molar-refractivity contribution is 6.12. The number of amidine groups is 1. The molecule has 1 spiro atoms. The maximum absolute atomic E-state index is 13.3. The molecular formula is C43H50N6O5. The van der Waals surface area contributed by atoms with Crippen LogP contribution in [0.4, 0.5) is 16.2 Å². The lowest BCUT2D eigenvalue weighted by Crippen LogP contribution is -2.64.